The molecule has 8 heteroatoms. The zero-order valence-electron chi connectivity index (χ0n) is 22.5. The normalized spacial score (nSPS) is 23.5. The summed E-state index contributed by atoms with van der Waals surface area (Å²) in [4.78, 5) is 34.6. The summed E-state index contributed by atoms with van der Waals surface area (Å²) >= 11 is 0. The number of ether oxygens (including phenoxy) is 1. The molecule has 2 aliphatic heterocycles. The van der Waals surface area contributed by atoms with E-state index in [-0.39, 0.29) is 37.5 Å². The smallest absolute Gasteiger partial charge is 0.225 e. The van der Waals surface area contributed by atoms with Crippen molar-refractivity contribution < 1.29 is 18.7 Å². The quantitative estimate of drug-likeness (QED) is 0.374. The summed E-state index contributed by atoms with van der Waals surface area (Å²) in [6.45, 7) is 2.62. The highest BCUT2D eigenvalue weighted by Gasteiger charge is 2.57. The molecule has 1 unspecified atom stereocenters. The van der Waals surface area contributed by atoms with Crippen molar-refractivity contribution >= 4 is 22.6 Å². The number of methoxy groups -OCH3 is 1. The van der Waals surface area contributed by atoms with Gasteiger partial charge in [0.15, 0.2) is 11.4 Å². The molecule has 2 atom stereocenters. The molecule has 0 radical (unpaired) electrons. The Kier molecular flexibility index (Phi) is 7.37. The number of hydrogen-bond donors (Lipinski definition) is 0. The Morgan fingerprint density at radius 3 is 2.46 bits per heavy atom. The lowest BCUT2D eigenvalue weighted by Gasteiger charge is -2.43. The summed E-state index contributed by atoms with van der Waals surface area (Å²) in [5, 5.41) is 10.9. The average Bonchev–Trinajstić information content (AvgIpc) is 3.27. The number of aromatic nitrogens is 1. The molecule has 0 saturated carbocycles. The van der Waals surface area contributed by atoms with Gasteiger partial charge in [0.1, 0.15) is 17.5 Å². The van der Waals surface area contributed by atoms with E-state index in [1.54, 1.807) is 19.4 Å². The van der Waals surface area contributed by atoms with Gasteiger partial charge in [0.25, 0.3) is 0 Å². The third-order valence-electron chi connectivity index (χ3n) is 7.94. The maximum Gasteiger partial charge on any atom is 0.225 e. The van der Waals surface area contributed by atoms with Crippen LogP contribution in [-0.4, -0.2) is 64.5 Å². The van der Waals surface area contributed by atoms with Gasteiger partial charge in [-0.25, -0.2) is 4.39 Å². The van der Waals surface area contributed by atoms with Crippen LogP contribution in [0.15, 0.2) is 54.7 Å². The molecule has 0 bridgehead atoms. The van der Waals surface area contributed by atoms with E-state index in [1.165, 1.54) is 11.8 Å². The maximum atomic E-state index is 15.3. The maximum absolute atomic E-state index is 15.3. The molecule has 202 valence electrons. The van der Waals surface area contributed by atoms with E-state index in [0.29, 0.717) is 29.6 Å². The summed E-state index contributed by atoms with van der Waals surface area (Å²) < 4.78 is 20.5. The first kappa shape index (κ1) is 26.8. The Labute approximate surface area is 228 Å². The lowest BCUT2D eigenvalue weighted by atomic mass is 9.96. The zero-order valence-corrected chi connectivity index (χ0v) is 22.5. The molecule has 0 aliphatic carbocycles. The second-order valence-corrected chi connectivity index (χ2v) is 10.8. The van der Waals surface area contributed by atoms with Gasteiger partial charge in [-0.3, -0.25) is 19.5 Å². The number of hydrogen-bond acceptors (Lipinski definition) is 6. The molecule has 7 nitrogen and oxygen atoms in total. The number of halogens is 1. The highest BCUT2D eigenvalue weighted by molar-refractivity contribution is 6.08. The number of carbonyl (C=O) groups excluding carboxylic acids is 2. The van der Waals surface area contributed by atoms with Crippen LogP contribution < -0.4 is 4.74 Å². The van der Waals surface area contributed by atoms with E-state index in [1.807, 2.05) is 47.4 Å². The number of nitrogens with zero attached hydrogens (tertiary/aromatic N) is 4. The van der Waals surface area contributed by atoms with Gasteiger partial charge in [-0.1, -0.05) is 24.6 Å². The van der Waals surface area contributed by atoms with Crippen LogP contribution in [-0.2, 0) is 4.79 Å². The fraction of sp³-hybridized carbons (Fsp3) is 0.419. The summed E-state index contributed by atoms with van der Waals surface area (Å²) in [5.74, 6) is 0.202. The van der Waals surface area contributed by atoms with Crippen molar-refractivity contribution in [3.05, 3.63) is 60.3 Å². The molecule has 3 heterocycles. The Hall–Kier alpha value is -3.83. The first-order valence-electron chi connectivity index (χ1n) is 13.5. The molecule has 39 heavy (non-hydrogen) atoms. The van der Waals surface area contributed by atoms with E-state index >= 15 is 4.39 Å². The topological polar surface area (TPSA) is 86.5 Å². The van der Waals surface area contributed by atoms with Crippen molar-refractivity contribution in [2.45, 2.75) is 56.8 Å². The minimum absolute atomic E-state index is 0.0360. The van der Waals surface area contributed by atoms with Crippen LogP contribution in [0.3, 0.4) is 0 Å². The van der Waals surface area contributed by atoms with Crippen LogP contribution >= 0.6 is 0 Å². The number of pyridine rings is 1. The number of piperidine rings is 1. The molecule has 2 aliphatic rings. The van der Waals surface area contributed by atoms with Crippen molar-refractivity contribution in [1.82, 2.24) is 14.8 Å². The Morgan fingerprint density at radius 2 is 1.77 bits per heavy atom. The summed E-state index contributed by atoms with van der Waals surface area (Å²) in [7, 11) is 1.62. The SMILES string of the molecule is COc1ccc(-c2ccc3nccc(C(=O)CCC(=O)N4CC(C)(F)C[C@]4(C#N)N4CCCCC4)c3c2)cc1. The van der Waals surface area contributed by atoms with Crippen LogP contribution in [0.2, 0.25) is 0 Å². The molecule has 0 spiro atoms. The lowest BCUT2D eigenvalue weighted by Crippen LogP contribution is -2.59. The molecule has 0 N–H and O–H groups in total. The second kappa shape index (κ2) is 10.7. The fourth-order valence-electron chi connectivity index (χ4n) is 5.98. The van der Waals surface area contributed by atoms with Gasteiger partial charge < -0.3 is 9.64 Å². The Balaban J connectivity index is 1.36. The van der Waals surface area contributed by atoms with Gasteiger partial charge in [0, 0.05) is 49.5 Å². The number of rotatable bonds is 7. The first-order chi connectivity index (χ1) is 18.8. The minimum atomic E-state index is -1.66. The van der Waals surface area contributed by atoms with E-state index in [4.69, 9.17) is 4.74 Å². The van der Waals surface area contributed by atoms with Crippen molar-refractivity contribution in [1.29, 1.82) is 5.26 Å². The molecule has 2 saturated heterocycles. The van der Waals surface area contributed by atoms with Gasteiger partial charge >= 0.3 is 0 Å². The number of alkyl halides is 1. The molecular formula is C31H33FN4O3. The minimum Gasteiger partial charge on any atom is -0.497 e. The number of nitriles is 1. The second-order valence-electron chi connectivity index (χ2n) is 10.8. The van der Waals surface area contributed by atoms with Crippen molar-refractivity contribution in [2.75, 3.05) is 26.7 Å². The molecule has 1 aromatic heterocycles. The third kappa shape index (κ3) is 5.24. The Bertz CT molecular complexity index is 1430. The van der Waals surface area contributed by atoms with Gasteiger partial charge in [-0.2, -0.15) is 5.26 Å². The summed E-state index contributed by atoms with van der Waals surface area (Å²) in [6.07, 6.45) is 4.32. The number of fused-ring (bicyclic) bond motifs is 1. The molecule has 2 aromatic carbocycles. The largest absolute Gasteiger partial charge is 0.497 e. The first-order valence-corrected chi connectivity index (χ1v) is 13.5. The van der Waals surface area contributed by atoms with E-state index in [0.717, 1.165) is 36.1 Å². The van der Waals surface area contributed by atoms with Gasteiger partial charge in [-0.15, -0.1) is 0 Å². The van der Waals surface area contributed by atoms with Crippen molar-refractivity contribution in [3.63, 3.8) is 0 Å². The number of likely N-dealkylation sites (tertiary alicyclic amines) is 2. The van der Waals surface area contributed by atoms with Crippen LogP contribution in [0.25, 0.3) is 22.0 Å². The molecular weight excluding hydrogens is 495 g/mol. The van der Waals surface area contributed by atoms with Crippen molar-refractivity contribution in [3.8, 4) is 22.9 Å². The van der Waals surface area contributed by atoms with Gasteiger partial charge in [0.05, 0.1) is 19.2 Å². The molecule has 3 aromatic rings. The summed E-state index contributed by atoms with van der Waals surface area (Å²) in [6, 6.07) is 17.4. The van der Waals surface area contributed by atoms with Gasteiger partial charge in [0.2, 0.25) is 5.91 Å². The van der Waals surface area contributed by atoms with Crippen LogP contribution in [0.5, 0.6) is 5.75 Å². The van der Waals surface area contributed by atoms with Crippen molar-refractivity contribution in [2.24, 2.45) is 0 Å². The molecule has 5 rings (SSSR count). The monoisotopic (exact) mass is 528 g/mol. The lowest BCUT2D eigenvalue weighted by molar-refractivity contribution is -0.140. The highest BCUT2D eigenvalue weighted by Crippen LogP contribution is 2.42. The van der Waals surface area contributed by atoms with Crippen LogP contribution in [0.4, 0.5) is 4.39 Å². The number of ketones is 1. The standard InChI is InChI=1S/C31H33FN4O3/c1-30(32)19-31(20-33,35-16-4-3-5-17-35)36(21-30)29(38)13-12-28(37)25-14-15-34-27-11-8-23(18-26(25)27)22-6-9-24(39-2)10-7-22/h6-11,14-15,18H,3-5,12-13,16-17,19,21H2,1-2H3/t30?,31-/m0/s1. The predicted molar refractivity (Wildman–Crippen MR) is 147 cm³/mol. The number of benzene rings is 2. The van der Waals surface area contributed by atoms with Gasteiger partial charge in [-0.05, 0) is 61.2 Å². The molecule has 1 amide bonds. The molecule has 2 fully saturated rings. The van der Waals surface area contributed by atoms with E-state index in [2.05, 4.69) is 11.1 Å². The average molecular weight is 529 g/mol. The Morgan fingerprint density at radius 1 is 1.05 bits per heavy atom. The third-order valence-corrected chi connectivity index (χ3v) is 7.94. The number of amides is 1. The van der Waals surface area contributed by atoms with Crippen LogP contribution in [0, 0.1) is 11.3 Å². The number of carbonyl (C=O) groups is 2. The van der Waals surface area contributed by atoms with E-state index < -0.39 is 11.3 Å². The zero-order chi connectivity index (χ0) is 27.6. The van der Waals surface area contributed by atoms with E-state index in [9.17, 15) is 14.9 Å². The highest BCUT2D eigenvalue weighted by atomic mass is 19.1. The van der Waals surface area contributed by atoms with Crippen LogP contribution in [0.1, 0.15) is 55.8 Å². The summed E-state index contributed by atoms with van der Waals surface area (Å²) in [5.41, 5.74) is 0.118. The number of Topliss-reactive ketones (excluding diaryl/α,β-unsaturated/α-hetero) is 1. The predicted octanol–water partition coefficient (Wildman–Crippen LogP) is 5.54. The fourth-order valence-corrected chi connectivity index (χ4v) is 5.98.